The van der Waals surface area contributed by atoms with Crippen LogP contribution >= 0.6 is 0 Å². The first-order valence-electron chi connectivity index (χ1n) is 7.49. The molecule has 0 radical (unpaired) electrons. The minimum atomic E-state index is -2.43. The van der Waals surface area contributed by atoms with E-state index < -0.39 is 16.9 Å². The predicted octanol–water partition coefficient (Wildman–Crippen LogP) is 4.08. The van der Waals surface area contributed by atoms with Crippen LogP contribution in [-0.2, 0) is 13.3 Å². The first-order valence-corrected chi connectivity index (χ1v) is 12.2. The molecule has 0 aliphatic carbocycles. The summed E-state index contributed by atoms with van der Waals surface area (Å²) in [6.45, 7) is 15.1. The summed E-state index contributed by atoms with van der Waals surface area (Å²) in [5, 5.41) is 0. The Hall–Kier alpha value is 0.314. The van der Waals surface area contributed by atoms with Crippen LogP contribution in [0, 0.1) is 0 Å². The van der Waals surface area contributed by atoms with Crippen molar-refractivity contribution in [2.45, 2.75) is 65.3 Å². The average molecular weight is 293 g/mol. The maximum absolute atomic E-state index is 6.00. The molecular formula is C13H32O3Si2. The average Bonchev–Trinajstić information content (AvgIpc) is 2.37. The van der Waals surface area contributed by atoms with Gasteiger partial charge in [-0.25, -0.2) is 0 Å². The molecule has 0 spiro atoms. The van der Waals surface area contributed by atoms with Crippen molar-refractivity contribution < 1.29 is 13.3 Å². The number of hydrogen-bond donors (Lipinski definition) is 0. The molecule has 18 heavy (non-hydrogen) atoms. The maximum Gasteiger partial charge on any atom is 0.498 e. The molecular weight excluding hydrogens is 260 g/mol. The van der Waals surface area contributed by atoms with Gasteiger partial charge in [-0.1, -0.05) is 38.9 Å². The van der Waals surface area contributed by atoms with E-state index in [9.17, 15) is 0 Å². The Balaban J connectivity index is 5.02. The summed E-state index contributed by atoms with van der Waals surface area (Å²) in [6, 6.07) is 3.88. The summed E-state index contributed by atoms with van der Waals surface area (Å²) in [5.74, 6) is 0. The van der Waals surface area contributed by atoms with Gasteiger partial charge in [0.05, 0.1) is 8.07 Å². The van der Waals surface area contributed by atoms with E-state index in [0.29, 0.717) is 19.8 Å². The van der Waals surface area contributed by atoms with Gasteiger partial charge < -0.3 is 13.3 Å². The third-order valence-electron chi connectivity index (χ3n) is 3.93. The molecule has 110 valence electrons. The van der Waals surface area contributed by atoms with Gasteiger partial charge in [0.25, 0.3) is 0 Å². The Kier molecular flexibility index (Phi) is 9.42. The van der Waals surface area contributed by atoms with Crippen LogP contribution in [0.4, 0.5) is 0 Å². The van der Waals surface area contributed by atoms with Crippen LogP contribution in [0.2, 0.25) is 23.8 Å². The molecule has 0 unspecified atom stereocenters. The van der Waals surface area contributed by atoms with E-state index in [-0.39, 0.29) is 0 Å². The Bertz CT molecular complexity index is 183. The van der Waals surface area contributed by atoms with Crippen molar-refractivity contribution in [2.24, 2.45) is 0 Å². The van der Waals surface area contributed by atoms with Gasteiger partial charge in [0, 0.05) is 25.5 Å². The Morgan fingerprint density at radius 3 is 1.17 bits per heavy atom. The van der Waals surface area contributed by atoms with Crippen molar-refractivity contribution >= 4 is 16.9 Å². The highest BCUT2D eigenvalue weighted by Crippen LogP contribution is 2.32. The van der Waals surface area contributed by atoms with Crippen molar-refractivity contribution in [1.29, 1.82) is 0 Å². The van der Waals surface area contributed by atoms with E-state index in [0.717, 1.165) is 5.67 Å². The van der Waals surface area contributed by atoms with Crippen LogP contribution < -0.4 is 0 Å². The molecule has 0 bridgehead atoms. The molecule has 5 heteroatoms. The van der Waals surface area contributed by atoms with Gasteiger partial charge in [-0.05, 0) is 20.8 Å². The van der Waals surface area contributed by atoms with Gasteiger partial charge in [-0.15, -0.1) is 0 Å². The molecule has 0 heterocycles. The fraction of sp³-hybridized carbons (Fsp3) is 1.00. The van der Waals surface area contributed by atoms with E-state index in [1.54, 1.807) is 0 Å². The quantitative estimate of drug-likeness (QED) is 0.537. The summed E-state index contributed by atoms with van der Waals surface area (Å²) >= 11 is 0. The second kappa shape index (κ2) is 9.25. The highest BCUT2D eigenvalue weighted by molar-refractivity contribution is 6.90. The summed E-state index contributed by atoms with van der Waals surface area (Å²) in [7, 11) is -3.71. The molecule has 0 saturated carbocycles. The number of hydrogen-bond acceptors (Lipinski definition) is 3. The van der Waals surface area contributed by atoms with E-state index in [2.05, 4.69) is 20.8 Å². The van der Waals surface area contributed by atoms with E-state index in [4.69, 9.17) is 13.3 Å². The molecule has 0 aromatic carbocycles. The molecule has 0 atom stereocenters. The summed E-state index contributed by atoms with van der Waals surface area (Å²) in [4.78, 5) is 0. The summed E-state index contributed by atoms with van der Waals surface area (Å²) in [5.41, 5.74) is 1.08. The highest BCUT2D eigenvalue weighted by Gasteiger charge is 2.47. The first-order chi connectivity index (χ1) is 8.57. The Labute approximate surface area is 116 Å². The van der Waals surface area contributed by atoms with E-state index in [1.165, 1.54) is 18.1 Å². The lowest BCUT2D eigenvalue weighted by atomic mass is 10.9. The Morgan fingerprint density at radius 1 is 0.611 bits per heavy atom. The summed E-state index contributed by atoms with van der Waals surface area (Å²) < 4.78 is 18.0. The third kappa shape index (κ3) is 5.13. The molecule has 0 fully saturated rings. The molecule has 0 rings (SSSR count). The van der Waals surface area contributed by atoms with Gasteiger partial charge >= 0.3 is 8.80 Å². The zero-order chi connectivity index (χ0) is 14.1. The van der Waals surface area contributed by atoms with Crippen LogP contribution in [-0.4, -0.2) is 36.7 Å². The highest BCUT2D eigenvalue weighted by atomic mass is 28.4. The van der Waals surface area contributed by atoms with Crippen LogP contribution in [0.15, 0.2) is 0 Å². The van der Waals surface area contributed by atoms with Crippen LogP contribution in [0.1, 0.15) is 41.5 Å². The second-order valence-corrected chi connectivity index (χ2v) is 13.5. The van der Waals surface area contributed by atoms with Crippen molar-refractivity contribution in [2.75, 3.05) is 19.8 Å². The van der Waals surface area contributed by atoms with E-state index >= 15 is 0 Å². The molecule has 0 N–H and O–H groups in total. The first kappa shape index (κ1) is 18.3. The zero-order valence-corrected chi connectivity index (χ0v) is 15.2. The predicted molar refractivity (Wildman–Crippen MR) is 82.6 cm³/mol. The van der Waals surface area contributed by atoms with E-state index in [1.807, 2.05) is 20.8 Å². The smallest absolute Gasteiger partial charge is 0.374 e. The lowest BCUT2D eigenvalue weighted by Gasteiger charge is -2.37. The minimum Gasteiger partial charge on any atom is -0.374 e. The monoisotopic (exact) mass is 292 g/mol. The standard InChI is InChI=1S/C13H32O3Si2/c1-7-14-18(15-8-2,16-9-3)13-17(10-4,11-5)12-6/h7-13H2,1-6H3. The normalized spacial score (nSPS) is 13.0. The molecule has 0 saturated heterocycles. The molecule has 3 nitrogen and oxygen atoms in total. The van der Waals surface area contributed by atoms with Crippen molar-refractivity contribution in [3.8, 4) is 0 Å². The topological polar surface area (TPSA) is 27.7 Å². The molecule has 0 aromatic rings. The second-order valence-electron chi connectivity index (χ2n) is 4.72. The van der Waals surface area contributed by atoms with Crippen molar-refractivity contribution in [3.63, 3.8) is 0 Å². The fourth-order valence-electron chi connectivity index (χ4n) is 2.52. The Morgan fingerprint density at radius 2 is 0.944 bits per heavy atom. The van der Waals surface area contributed by atoms with Gasteiger partial charge in [0.1, 0.15) is 0 Å². The van der Waals surface area contributed by atoms with Crippen molar-refractivity contribution in [1.82, 2.24) is 0 Å². The van der Waals surface area contributed by atoms with Gasteiger partial charge in [0.15, 0.2) is 0 Å². The molecule has 0 amide bonds. The van der Waals surface area contributed by atoms with Crippen LogP contribution in [0.25, 0.3) is 0 Å². The van der Waals surface area contributed by atoms with Crippen molar-refractivity contribution in [3.05, 3.63) is 0 Å². The van der Waals surface area contributed by atoms with Crippen LogP contribution in [0.5, 0.6) is 0 Å². The summed E-state index contributed by atoms with van der Waals surface area (Å²) in [6.07, 6.45) is 0. The number of rotatable bonds is 11. The molecule has 0 aromatic heterocycles. The van der Waals surface area contributed by atoms with Crippen LogP contribution in [0.3, 0.4) is 0 Å². The SMILES string of the molecule is CCO[Si](C[Si](CC)(CC)CC)(OCC)OCC. The van der Waals surface area contributed by atoms with Gasteiger partial charge in [-0.3, -0.25) is 0 Å². The fourth-order valence-corrected chi connectivity index (χ4v) is 13.5. The van der Waals surface area contributed by atoms with Gasteiger partial charge in [0.2, 0.25) is 0 Å². The lowest BCUT2D eigenvalue weighted by molar-refractivity contribution is 0.0754. The minimum absolute atomic E-state index is 0.688. The maximum atomic E-state index is 6.00. The zero-order valence-electron chi connectivity index (χ0n) is 13.2. The largest absolute Gasteiger partial charge is 0.498 e. The molecule has 0 aliphatic rings. The third-order valence-corrected chi connectivity index (χ3v) is 15.4. The molecule has 0 aliphatic heterocycles. The van der Waals surface area contributed by atoms with Gasteiger partial charge in [-0.2, -0.15) is 0 Å². The lowest BCUT2D eigenvalue weighted by Crippen LogP contribution is -2.53.